The molecule has 1 spiro atoms. The van der Waals surface area contributed by atoms with Gasteiger partial charge in [-0.1, -0.05) is 39.3 Å². The highest BCUT2D eigenvalue weighted by atomic mass is 16.8. The highest BCUT2D eigenvalue weighted by Crippen LogP contribution is 2.72. The molecule has 0 unspecified atom stereocenters. The van der Waals surface area contributed by atoms with Crippen LogP contribution in [0.3, 0.4) is 0 Å². The van der Waals surface area contributed by atoms with Crippen LogP contribution in [0.2, 0.25) is 0 Å². The maximum atomic E-state index is 13.0. The topological polar surface area (TPSA) is 296 Å². The molecule has 19 nitrogen and oxygen atoms in total. The molecule has 64 heavy (non-hydrogen) atoms. The summed E-state index contributed by atoms with van der Waals surface area (Å²) in [5.41, 5.74) is -0.495. The Bertz CT molecular complexity index is 1710. The lowest BCUT2D eigenvalue weighted by atomic mass is 9.45. The molecule has 19 heteroatoms. The van der Waals surface area contributed by atoms with Crippen molar-refractivity contribution >= 4 is 0 Å². The quantitative estimate of drug-likeness (QED) is 0.121. The molecule has 9 rings (SSSR count). The van der Waals surface area contributed by atoms with Crippen molar-refractivity contribution in [3.05, 3.63) is 11.6 Å². The lowest BCUT2D eigenvalue weighted by molar-refractivity contribution is -0.394. The van der Waals surface area contributed by atoms with Gasteiger partial charge >= 0.3 is 0 Å². The number of allylic oxidation sites excluding steroid dienone is 1. The van der Waals surface area contributed by atoms with Crippen LogP contribution < -0.4 is 0 Å². The van der Waals surface area contributed by atoms with E-state index in [1.54, 1.807) is 0 Å². The zero-order valence-corrected chi connectivity index (χ0v) is 37.3. The van der Waals surface area contributed by atoms with Crippen LogP contribution in [0.1, 0.15) is 86.0 Å². The van der Waals surface area contributed by atoms with E-state index in [4.69, 9.17) is 37.9 Å². The van der Waals surface area contributed by atoms with E-state index in [9.17, 15) is 56.2 Å². The fourth-order valence-electron chi connectivity index (χ4n) is 14.0. The van der Waals surface area contributed by atoms with Gasteiger partial charge in [0, 0.05) is 36.0 Å². The molecule has 0 aromatic heterocycles. The first kappa shape index (κ1) is 48.0. The maximum Gasteiger partial charge on any atom is 0.187 e. The molecule has 5 saturated heterocycles. The molecular weight excluding hydrogens is 844 g/mol. The molecule has 5 heterocycles. The van der Waals surface area contributed by atoms with Crippen molar-refractivity contribution in [3.63, 3.8) is 0 Å². The van der Waals surface area contributed by atoms with Crippen molar-refractivity contribution in [2.24, 2.45) is 40.4 Å². The van der Waals surface area contributed by atoms with E-state index in [1.165, 1.54) is 12.5 Å². The summed E-state index contributed by atoms with van der Waals surface area (Å²) in [6, 6.07) is 0. The summed E-state index contributed by atoms with van der Waals surface area (Å²) in [6.07, 6.45) is -17.6. The fraction of sp³-hybridized carbons (Fsp3) is 0.956. The maximum absolute atomic E-state index is 13.0. The van der Waals surface area contributed by atoms with Gasteiger partial charge in [-0.2, -0.15) is 0 Å². The molecule has 4 aliphatic carbocycles. The highest BCUT2D eigenvalue weighted by molar-refractivity contribution is 5.30. The molecule has 366 valence electrons. The van der Waals surface area contributed by atoms with Crippen molar-refractivity contribution in [3.8, 4) is 0 Å². The number of hydrogen-bond acceptors (Lipinski definition) is 19. The summed E-state index contributed by atoms with van der Waals surface area (Å²) in [6.45, 7) is 9.08. The zero-order chi connectivity index (χ0) is 46.0. The first-order valence-corrected chi connectivity index (χ1v) is 23.5. The summed E-state index contributed by atoms with van der Waals surface area (Å²) in [5.74, 6) is -0.615. The van der Waals surface area contributed by atoms with E-state index >= 15 is 0 Å². The van der Waals surface area contributed by atoms with Crippen LogP contribution in [0.15, 0.2) is 11.6 Å². The Morgan fingerprint density at radius 1 is 0.688 bits per heavy atom. The molecule has 3 saturated carbocycles. The number of fused-ring (bicyclic) bond motifs is 7. The molecule has 5 aliphatic heterocycles. The molecule has 11 N–H and O–H groups in total. The van der Waals surface area contributed by atoms with Crippen LogP contribution in [0.25, 0.3) is 0 Å². The van der Waals surface area contributed by atoms with Gasteiger partial charge in [0.25, 0.3) is 0 Å². The minimum Gasteiger partial charge on any atom is -0.394 e. The molecule has 0 amide bonds. The van der Waals surface area contributed by atoms with E-state index in [2.05, 4.69) is 26.8 Å². The third kappa shape index (κ3) is 7.42. The summed E-state index contributed by atoms with van der Waals surface area (Å²) in [7, 11) is 0. The first-order valence-electron chi connectivity index (χ1n) is 23.5. The predicted octanol–water partition coefficient (Wildman–Crippen LogP) is -1.70. The summed E-state index contributed by atoms with van der Waals surface area (Å²) in [5, 5.41) is 120. The number of aliphatic hydroxyl groups is 11. The van der Waals surface area contributed by atoms with Crippen molar-refractivity contribution in [2.75, 3.05) is 19.8 Å². The van der Waals surface area contributed by atoms with Crippen LogP contribution in [-0.4, -0.2) is 198 Å². The Kier molecular flexibility index (Phi) is 13.1. The predicted molar refractivity (Wildman–Crippen MR) is 217 cm³/mol. The third-order valence-corrected chi connectivity index (χ3v) is 18.0. The second-order valence-electron chi connectivity index (χ2n) is 21.3. The number of hydrogen-bond donors (Lipinski definition) is 11. The molecular formula is C45H72O19. The van der Waals surface area contributed by atoms with Crippen LogP contribution in [-0.2, 0) is 37.9 Å². The molecule has 0 aromatic carbocycles. The van der Waals surface area contributed by atoms with Crippen LogP contribution in [0.4, 0.5) is 0 Å². The minimum absolute atomic E-state index is 0.00958. The second kappa shape index (κ2) is 17.4. The summed E-state index contributed by atoms with van der Waals surface area (Å²) in [4.78, 5) is 0. The summed E-state index contributed by atoms with van der Waals surface area (Å²) >= 11 is 0. The monoisotopic (exact) mass is 916 g/mol. The van der Waals surface area contributed by atoms with E-state index < -0.39 is 134 Å². The minimum atomic E-state index is -1.87. The van der Waals surface area contributed by atoms with Crippen molar-refractivity contribution in [2.45, 2.75) is 208 Å². The van der Waals surface area contributed by atoms with Crippen molar-refractivity contribution < 1.29 is 94.1 Å². The fourth-order valence-corrected chi connectivity index (χ4v) is 14.0. The van der Waals surface area contributed by atoms with Gasteiger partial charge in [-0.3, -0.25) is 0 Å². The van der Waals surface area contributed by atoms with E-state index in [0.717, 1.165) is 12.8 Å². The molecule has 9 aliphatic rings. The molecule has 27 atom stereocenters. The highest BCUT2D eigenvalue weighted by Gasteiger charge is 2.75. The lowest BCUT2D eigenvalue weighted by Crippen LogP contribution is -2.67. The van der Waals surface area contributed by atoms with Crippen LogP contribution >= 0.6 is 0 Å². The zero-order valence-electron chi connectivity index (χ0n) is 37.3. The SMILES string of the molecule is C[C@@H]1CO[C@]2(C[C@@H]1O)O[C@H]1C[C@@]3(O)[C@@H]4CC=C5C[C@@H](O[C@@H]6O[C@H](CO)[C@@H](O)[C@H](O[C@@H]7O[C@H](CO)[C@@H](O)[C@H](O)[C@H]7O)[C@H]6O[C@@H]6O[C@@H](C)[C@H](O)[C@@H](O)[C@H]6O)CC[C@]5(C)[C@H]4CC[C@]3(C)[C@H]1[C@@H]2C. The van der Waals surface area contributed by atoms with Crippen molar-refractivity contribution in [1.29, 1.82) is 0 Å². The van der Waals surface area contributed by atoms with Gasteiger partial charge in [0.1, 0.15) is 67.1 Å². The van der Waals surface area contributed by atoms with Gasteiger partial charge in [-0.25, -0.2) is 0 Å². The van der Waals surface area contributed by atoms with Gasteiger partial charge < -0.3 is 94.1 Å². The van der Waals surface area contributed by atoms with Gasteiger partial charge in [0.05, 0.1) is 49.8 Å². The van der Waals surface area contributed by atoms with Crippen molar-refractivity contribution in [1.82, 2.24) is 0 Å². The lowest BCUT2D eigenvalue weighted by Gasteiger charge is -2.62. The molecule has 0 aromatic rings. The van der Waals surface area contributed by atoms with E-state index in [0.29, 0.717) is 45.1 Å². The van der Waals surface area contributed by atoms with E-state index in [1.807, 2.05) is 6.92 Å². The van der Waals surface area contributed by atoms with Gasteiger partial charge in [0.15, 0.2) is 24.7 Å². The Morgan fingerprint density at radius 2 is 1.33 bits per heavy atom. The number of rotatable bonds is 8. The largest absolute Gasteiger partial charge is 0.394 e. The third-order valence-electron chi connectivity index (χ3n) is 18.0. The van der Waals surface area contributed by atoms with Gasteiger partial charge in [-0.15, -0.1) is 0 Å². The Balaban J connectivity index is 0.951. The standard InChI is InChI=1S/C45H72O19/c1-18-17-57-45(13-25(18)48)19(2)29-26(64-45)14-44(56)24-7-6-21-12-22(8-10-42(21,4)23(24)9-11-43(29,44)5)59-41-38(63-39-35(54)33(52)30(49)20(3)58-39)37(32(51)28(16-47)61-41)62-40-36(55)34(53)31(50)27(15-46)60-40/h6,18-20,22-41,46-56H,7-17H2,1-5H3/t18-,19+,20+,22+,23+,24-,25+,26+,27-,28-,29+,30+,31-,32-,33-,34+,35-,36-,37+,38-,39+,40+,41-,42+,43-,44-,45-/m1/s1. The Hall–Kier alpha value is -1.02. The van der Waals surface area contributed by atoms with E-state index in [-0.39, 0.29) is 41.1 Å². The Morgan fingerprint density at radius 3 is 2.02 bits per heavy atom. The normalized spacial score (nSPS) is 58.6. The number of ether oxygens (including phenoxy) is 8. The first-order chi connectivity index (χ1) is 30.2. The summed E-state index contributed by atoms with van der Waals surface area (Å²) < 4.78 is 49.8. The van der Waals surface area contributed by atoms with Gasteiger partial charge in [-0.05, 0) is 62.7 Å². The average Bonchev–Trinajstić information content (AvgIpc) is 3.66. The van der Waals surface area contributed by atoms with Gasteiger partial charge in [0.2, 0.25) is 0 Å². The molecule has 8 fully saturated rings. The number of aliphatic hydroxyl groups excluding tert-OH is 10. The molecule has 0 bridgehead atoms. The van der Waals surface area contributed by atoms with Crippen LogP contribution in [0, 0.1) is 40.4 Å². The average molecular weight is 917 g/mol. The smallest absolute Gasteiger partial charge is 0.187 e. The Labute approximate surface area is 373 Å². The van der Waals surface area contributed by atoms with Crippen LogP contribution in [0.5, 0.6) is 0 Å². The second-order valence-corrected chi connectivity index (χ2v) is 21.3. The molecule has 0 radical (unpaired) electrons.